The number of amides is 1. The van der Waals surface area contributed by atoms with Crippen LogP contribution in [0.3, 0.4) is 0 Å². The molecule has 6 nitrogen and oxygen atoms in total. The number of fused-ring (bicyclic) bond motifs is 1. The fourth-order valence-electron chi connectivity index (χ4n) is 3.35. The molecule has 3 heterocycles. The van der Waals surface area contributed by atoms with Crippen molar-refractivity contribution in [3.05, 3.63) is 59.0 Å². The van der Waals surface area contributed by atoms with Crippen molar-refractivity contribution >= 4 is 34.4 Å². The minimum Gasteiger partial charge on any atom is -0.350 e. The van der Waals surface area contributed by atoms with Crippen LogP contribution in [-0.2, 0) is 6.42 Å². The van der Waals surface area contributed by atoms with E-state index in [4.69, 9.17) is 11.6 Å². The summed E-state index contributed by atoms with van der Waals surface area (Å²) in [6.45, 7) is 2.31. The van der Waals surface area contributed by atoms with Gasteiger partial charge in [0.15, 0.2) is 5.69 Å². The average molecular weight is 382 g/mol. The minimum absolute atomic E-state index is 0.226. The van der Waals surface area contributed by atoms with Crippen molar-refractivity contribution in [3.63, 3.8) is 0 Å². The second-order valence-electron chi connectivity index (χ2n) is 6.56. The summed E-state index contributed by atoms with van der Waals surface area (Å²) in [6.07, 6.45) is 6.21. The van der Waals surface area contributed by atoms with Gasteiger partial charge in [-0.1, -0.05) is 35.9 Å². The Bertz CT molecular complexity index is 966. The van der Waals surface area contributed by atoms with Crippen molar-refractivity contribution in [1.29, 1.82) is 0 Å². The molecule has 1 amide bonds. The van der Waals surface area contributed by atoms with Gasteiger partial charge < -0.3 is 10.2 Å². The Morgan fingerprint density at radius 1 is 1.15 bits per heavy atom. The van der Waals surface area contributed by atoms with Gasteiger partial charge in [-0.25, -0.2) is 9.97 Å². The predicted octanol–water partition coefficient (Wildman–Crippen LogP) is 3.25. The summed E-state index contributed by atoms with van der Waals surface area (Å²) in [6, 6.07) is 10.0. The number of rotatable bonds is 5. The quantitative estimate of drug-likeness (QED) is 0.734. The fraction of sp³-hybridized carbons (Fsp3) is 0.300. The summed E-state index contributed by atoms with van der Waals surface area (Å²) in [5, 5.41) is 4.27. The molecule has 138 valence electrons. The van der Waals surface area contributed by atoms with Gasteiger partial charge in [0.25, 0.3) is 5.91 Å². The molecule has 0 atom stereocenters. The molecule has 1 saturated heterocycles. The minimum atomic E-state index is -0.281. The molecule has 7 heteroatoms. The number of para-hydroxylation sites is 1. The first-order valence-electron chi connectivity index (χ1n) is 9.11. The van der Waals surface area contributed by atoms with Gasteiger partial charge in [0.05, 0.1) is 16.7 Å². The number of aromatic nitrogens is 3. The normalized spacial score (nSPS) is 13.9. The van der Waals surface area contributed by atoms with E-state index in [9.17, 15) is 4.79 Å². The highest BCUT2D eigenvalue weighted by Gasteiger charge is 2.19. The van der Waals surface area contributed by atoms with Crippen LogP contribution in [0.25, 0.3) is 10.9 Å². The Labute approximate surface area is 162 Å². The number of pyridine rings is 1. The lowest BCUT2D eigenvalue weighted by molar-refractivity contribution is 0.0949. The largest absolute Gasteiger partial charge is 0.350 e. The summed E-state index contributed by atoms with van der Waals surface area (Å²) in [5.74, 6) is 0.288. The molecule has 0 spiro atoms. The van der Waals surface area contributed by atoms with Gasteiger partial charge in [-0.2, -0.15) is 0 Å². The third kappa shape index (κ3) is 3.85. The molecule has 1 aliphatic rings. The van der Waals surface area contributed by atoms with E-state index in [0.717, 1.165) is 42.4 Å². The predicted molar refractivity (Wildman–Crippen MR) is 106 cm³/mol. The molecular weight excluding hydrogens is 362 g/mol. The Morgan fingerprint density at radius 3 is 2.81 bits per heavy atom. The maximum absolute atomic E-state index is 12.6. The molecule has 0 aliphatic carbocycles. The van der Waals surface area contributed by atoms with Gasteiger partial charge in [0.1, 0.15) is 0 Å². The van der Waals surface area contributed by atoms with Crippen LogP contribution in [0.5, 0.6) is 0 Å². The van der Waals surface area contributed by atoms with E-state index in [0.29, 0.717) is 18.9 Å². The van der Waals surface area contributed by atoms with Crippen LogP contribution < -0.4 is 10.2 Å². The third-order valence-corrected chi connectivity index (χ3v) is 5.01. The SMILES string of the molecule is O=C(NCCc1cccc2cccnc12)c1nc(N2CCCC2)ncc1Cl. The van der Waals surface area contributed by atoms with Crippen molar-refractivity contribution in [2.75, 3.05) is 24.5 Å². The first-order chi connectivity index (χ1) is 13.2. The number of nitrogens with zero attached hydrogens (tertiary/aromatic N) is 4. The van der Waals surface area contributed by atoms with Gasteiger partial charge in [-0.15, -0.1) is 0 Å². The van der Waals surface area contributed by atoms with Gasteiger partial charge in [-0.05, 0) is 30.9 Å². The van der Waals surface area contributed by atoms with Crippen LogP contribution in [-0.4, -0.2) is 40.5 Å². The highest BCUT2D eigenvalue weighted by atomic mass is 35.5. The number of carbonyl (C=O) groups is 1. The summed E-state index contributed by atoms with van der Waals surface area (Å²) in [7, 11) is 0. The first kappa shape index (κ1) is 17.7. The maximum atomic E-state index is 12.6. The molecule has 27 heavy (non-hydrogen) atoms. The zero-order valence-corrected chi connectivity index (χ0v) is 15.6. The number of hydrogen-bond donors (Lipinski definition) is 1. The van der Waals surface area contributed by atoms with Crippen molar-refractivity contribution in [2.45, 2.75) is 19.3 Å². The van der Waals surface area contributed by atoms with Crippen molar-refractivity contribution in [1.82, 2.24) is 20.3 Å². The average Bonchev–Trinajstić information content (AvgIpc) is 3.23. The van der Waals surface area contributed by atoms with E-state index < -0.39 is 0 Å². The highest BCUT2D eigenvalue weighted by molar-refractivity contribution is 6.33. The van der Waals surface area contributed by atoms with Crippen LogP contribution in [0, 0.1) is 0 Å². The van der Waals surface area contributed by atoms with Crippen LogP contribution >= 0.6 is 11.6 Å². The van der Waals surface area contributed by atoms with Crippen LogP contribution in [0.2, 0.25) is 5.02 Å². The van der Waals surface area contributed by atoms with Crippen LogP contribution in [0.1, 0.15) is 28.9 Å². The van der Waals surface area contributed by atoms with E-state index in [1.54, 1.807) is 6.20 Å². The summed E-state index contributed by atoms with van der Waals surface area (Å²) < 4.78 is 0. The van der Waals surface area contributed by atoms with Crippen molar-refractivity contribution in [2.24, 2.45) is 0 Å². The number of anilines is 1. The molecule has 0 saturated carbocycles. The summed E-state index contributed by atoms with van der Waals surface area (Å²) >= 11 is 6.16. The Balaban J connectivity index is 1.44. The second-order valence-corrected chi connectivity index (χ2v) is 6.97. The number of nitrogens with one attached hydrogen (secondary N) is 1. The monoisotopic (exact) mass is 381 g/mol. The van der Waals surface area contributed by atoms with Crippen molar-refractivity contribution < 1.29 is 4.79 Å². The molecule has 0 bridgehead atoms. The van der Waals surface area contributed by atoms with Gasteiger partial charge in [0, 0.05) is 31.2 Å². The van der Waals surface area contributed by atoms with E-state index >= 15 is 0 Å². The number of benzene rings is 1. The Morgan fingerprint density at radius 2 is 1.96 bits per heavy atom. The highest BCUT2D eigenvalue weighted by Crippen LogP contribution is 2.20. The van der Waals surface area contributed by atoms with Gasteiger partial charge in [0.2, 0.25) is 5.95 Å². The third-order valence-electron chi connectivity index (χ3n) is 4.73. The van der Waals surface area contributed by atoms with E-state index in [1.807, 2.05) is 30.3 Å². The molecule has 4 rings (SSSR count). The van der Waals surface area contributed by atoms with Crippen molar-refractivity contribution in [3.8, 4) is 0 Å². The van der Waals surface area contributed by atoms with Gasteiger partial charge >= 0.3 is 0 Å². The molecule has 1 aliphatic heterocycles. The summed E-state index contributed by atoms with van der Waals surface area (Å²) in [4.78, 5) is 27.7. The van der Waals surface area contributed by atoms with E-state index in [-0.39, 0.29) is 16.6 Å². The molecule has 3 aromatic rings. The molecule has 1 fully saturated rings. The lowest BCUT2D eigenvalue weighted by Crippen LogP contribution is -2.28. The number of carbonyl (C=O) groups excluding carboxylic acids is 1. The van der Waals surface area contributed by atoms with Crippen LogP contribution in [0.15, 0.2) is 42.7 Å². The zero-order valence-electron chi connectivity index (χ0n) is 14.9. The number of halogens is 1. The smallest absolute Gasteiger partial charge is 0.271 e. The Hall–Kier alpha value is -2.73. The second kappa shape index (κ2) is 7.88. The van der Waals surface area contributed by atoms with Crippen LogP contribution in [0.4, 0.5) is 5.95 Å². The molecule has 0 radical (unpaired) electrons. The molecule has 1 N–H and O–H groups in total. The first-order valence-corrected chi connectivity index (χ1v) is 9.48. The maximum Gasteiger partial charge on any atom is 0.271 e. The molecule has 2 aromatic heterocycles. The zero-order chi connectivity index (χ0) is 18.6. The standard InChI is InChI=1S/C20H20ClN5O/c21-16-13-24-20(26-11-1-2-12-26)25-18(16)19(27)23-10-8-15-6-3-5-14-7-4-9-22-17(14)15/h3-7,9,13H,1-2,8,10-12H2,(H,23,27). The molecule has 0 unspecified atom stereocenters. The molecule has 1 aromatic carbocycles. The Kier molecular flexibility index (Phi) is 5.16. The van der Waals surface area contributed by atoms with E-state index in [1.165, 1.54) is 6.20 Å². The lowest BCUT2D eigenvalue weighted by atomic mass is 10.1. The topological polar surface area (TPSA) is 71.0 Å². The number of hydrogen-bond acceptors (Lipinski definition) is 5. The fourth-order valence-corrected chi connectivity index (χ4v) is 3.53. The lowest BCUT2D eigenvalue weighted by Gasteiger charge is -2.16. The molecular formula is C20H20ClN5O. The van der Waals surface area contributed by atoms with Gasteiger partial charge in [-0.3, -0.25) is 9.78 Å². The van der Waals surface area contributed by atoms with E-state index in [2.05, 4.69) is 25.2 Å². The summed E-state index contributed by atoms with van der Waals surface area (Å²) in [5.41, 5.74) is 2.29.